The third-order valence-corrected chi connectivity index (χ3v) is 4.36. The van der Waals surface area contributed by atoms with Gasteiger partial charge in [0.15, 0.2) is 0 Å². The quantitative estimate of drug-likeness (QED) is 0.923. The summed E-state index contributed by atoms with van der Waals surface area (Å²) < 4.78 is 5.25. The van der Waals surface area contributed by atoms with Crippen molar-refractivity contribution in [3.05, 3.63) is 45.9 Å². The van der Waals surface area contributed by atoms with E-state index in [9.17, 15) is 5.11 Å². The standard InChI is InChI=1S/C14H15NO2S/c1-17-11-3-2-10-4-5-14(16,13(10)6-11)7-12-8-15-9-18-12/h2-3,6,8-9,16H,4-5,7H2,1H3. The number of methoxy groups -OCH3 is 1. The summed E-state index contributed by atoms with van der Waals surface area (Å²) >= 11 is 1.59. The Morgan fingerprint density at radius 2 is 2.39 bits per heavy atom. The number of aryl methyl sites for hydroxylation is 1. The molecule has 3 nitrogen and oxygen atoms in total. The highest BCUT2D eigenvalue weighted by molar-refractivity contribution is 7.09. The summed E-state index contributed by atoms with van der Waals surface area (Å²) in [6.07, 6.45) is 4.17. The van der Waals surface area contributed by atoms with Crippen molar-refractivity contribution in [1.82, 2.24) is 4.98 Å². The van der Waals surface area contributed by atoms with Crippen molar-refractivity contribution in [3.8, 4) is 5.75 Å². The number of rotatable bonds is 3. The molecule has 1 heterocycles. The van der Waals surface area contributed by atoms with Gasteiger partial charge in [-0.1, -0.05) is 6.07 Å². The van der Waals surface area contributed by atoms with E-state index < -0.39 is 5.60 Å². The highest BCUT2D eigenvalue weighted by atomic mass is 32.1. The average molecular weight is 261 g/mol. The van der Waals surface area contributed by atoms with Gasteiger partial charge in [0.05, 0.1) is 18.2 Å². The Morgan fingerprint density at radius 3 is 3.11 bits per heavy atom. The van der Waals surface area contributed by atoms with Gasteiger partial charge in [-0.05, 0) is 36.1 Å². The van der Waals surface area contributed by atoms with E-state index in [4.69, 9.17) is 4.74 Å². The van der Waals surface area contributed by atoms with E-state index in [0.29, 0.717) is 6.42 Å². The van der Waals surface area contributed by atoms with Gasteiger partial charge >= 0.3 is 0 Å². The van der Waals surface area contributed by atoms with Crippen molar-refractivity contribution in [2.24, 2.45) is 0 Å². The first-order chi connectivity index (χ1) is 8.71. The Labute approximate surface area is 110 Å². The Bertz CT molecular complexity index is 553. The normalized spacial score (nSPS) is 21.9. The molecule has 1 atom stereocenters. The average Bonchev–Trinajstić information content (AvgIpc) is 2.99. The molecule has 94 valence electrons. The van der Waals surface area contributed by atoms with Gasteiger partial charge in [0.1, 0.15) is 5.75 Å². The smallest absolute Gasteiger partial charge is 0.119 e. The zero-order valence-corrected chi connectivity index (χ0v) is 11.0. The van der Waals surface area contributed by atoms with E-state index in [1.807, 2.05) is 18.3 Å². The van der Waals surface area contributed by atoms with Gasteiger partial charge in [0.25, 0.3) is 0 Å². The SMILES string of the molecule is COc1ccc2c(c1)C(O)(Cc1cncs1)CC2. The van der Waals surface area contributed by atoms with Crippen LogP contribution in [0, 0.1) is 0 Å². The predicted molar refractivity (Wildman–Crippen MR) is 71.0 cm³/mol. The molecule has 2 aromatic rings. The van der Waals surface area contributed by atoms with E-state index in [-0.39, 0.29) is 0 Å². The van der Waals surface area contributed by atoms with Crippen LogP contribution in [0.4, 0.5) is 0 Å². The molecular formula is C14H15NO2S. The number of fused-ring (bicyclic) bond motifs is 1. The monoisotopic (exact) mass is 261 g/mol. The van der Waals surface area contributed by atoms with Crippen molar-refractivity contribution < 1.29 is 9.84 Å². The topological polar surface area (TPSA) is 42.4 Å². The summed E-state index contributed by atoms with van der Waals surface area (Å²) in [7, 11) is 1.65. The maximum absolute atomic E-state index is 10.9. The first-order valence-corrected chi connectivity index (χ1v) is 6.86. The van der Waals surface area contributed by atoms with Gasteiger partial charge in [-0.2, -0.15) is 0 Å². The molecule has 0 bridgehead atoms. The van der Waals surface area contributed by atoms with Gasteiger partial charge in [0.2, 0.25) is 0 Å². The van der Waals surface area contributed by atoms with E-state index >= 15 is 0 Å². The predicted octanol–water partition coefficient (Wildman–Crippen LogP) is 2.53. The lowest BCUT2D eigenvalue weighted by molar-refractivity contribution is 0.0395. The zero-order valence-electron chi connectivity index (χ0n) is 10.2. The fraction of sp³-hybridized carbons (Fsp3) is 0.357. The van der Waals surface area contributed by atoms with E-state index in [1.165, 1.54) is 5.56 Å². The molecule has 0 saturated heterocycles. The maximum atomic E-state index is 10.9. The molecule has 0 fully saturated rings. The second-order valence-electron chi connectivity index (χ2n) is 4.70. The highest BCUT2D eigenvalue weighted by Crippen LogP contribution is 2.41. The number of benzene rings is 1. The lowest BCUT2D eigenvalue weighted by atomic mass is 9.92. The van der Waals surface area contributed by atoms with Gasteiger partial charge < -0.3 is 9.84 Å². The van der Waals surface area contributed by atoms with Gasteiger partial charge in [-0.15, -0.1) is 11.3 Å². The van der Waals surface area contributed by atoms with Crippen LogP contribution < -0.4 is 4.74 Å². The minimum absolute atomic E-state index is 0.637. The third-order valence-electron chi connectivity index (χ3n) is 3.58. The largest absolute Gasteiger partial charge is 0.497 e. The Morgan fingerprint density at radius 1 is 1.50 bits per heavy atom. The van der Waals surface area contributed by atoms with Gasteiger partial charge in [0, 0.05) is 17.5 Å². The summed E-state index contributed by atoms with van der Waals surface area (Å²) in [6, 6.07) is 5.97. The van der Waals surface area contributed by atoms with Crippen LogP contribution in [-0.2, 0) is 18.4 Å². The van der Waals surface area contributed by atoms with Crippen LogP contribution in [0.3, 0.4) is 0 Å². The highest BCUT2D eigenvalue weighted by Gasteiger charge is 2.37. The van der Waals surface area contributed by atoms with Crippen molar-refractivity contribution in [1.29, 1.82) is 0 Å². The molecule has 18 heavy (non-hydrogen) atoms. The lowest BCUT2D eigenvalue weighted by Gasteiger charge is -2.23. The number of aromatic nitrogens is 1. The zero-order chi connectivity index (χ0) is 12.6. The minimum atomic E-state index is -0.767. The van der Waals surface area contributed by atoms with E-state index in [2.05, 4.69) is 11.1 Å². The van der Waals surface area contributed by atoms with Gasteiger partial charge in [-0.25, -0.2) is 0 Å². The van der Waals surface area contributed by atoms with Crippen molar-refractivity contribution in [2.45, 2.75) is 24.9 Å². The Balaban J connectivity index is 1.96. The summed E-state index contributed by atoms with van der Waals surface area (Å²) in [5.41, 5.74) is 3.27. The fourth-order valence-corrected chi connectivity index (χ4v) is 3.31. The molecule has 1 aliphatic rings. The van der Waals surface area contributed by atoms with Crippen LogP contribution in [0.25, 0.3) is 0 Å². The molecule has 0 saturated carbocycles. The third kappa shape index (κ3) is 1.91. The van der Waals surface area contributed by atoms with Crippen LogP contribution in [0.2, 0.25) is 0 Å². The molecule has 0 radical (unpaired) electrons. The van der Waals surface area contributed by atoms with Crippen molar-refractivity contribution in [2.75, 3.05) is 7.11 Å². The first-order valence-electron chi connectivity index (χ1n) is 5.98. The summed E-state index contributed by atoms with van der Waals surface area (Å²) in [5, 5.41) is 10.9. The van der Waals surface area contributed by atoms with Crippen LogP contribution >= 0.6 is 11.3 Å². The second-order valence-corrected chi connectivity index (χ2v) is 5.67. The molecule has 3 rings (SSSR count). The lowest BCUT2D eigenvalue weighted by Crippen LogP contribution is -2.24. The van der Waals surface area contributed by atoms with Gasteiger partial charge in [-0.3, -0.25) is 4.98 Å². The molecule has 1 aliphatic carbocycles. The Hall–Kier alpha value is -1.39. The molecule has 0 aliphatic heterocycles. The summed E-state index contributed by atoms with van der Waals surface area (Å²) in [6.45, 7) is 0. The molecule has 1 aromatic heterocycles. The van der Waals surface area contributed by atoms with E-state index in [0.717, 1.165) is 29.0 Å². The van der Waals surface area contributed by atoms with Crippen molar-refractivity contribution >= 4 is 11.3 Å². The van der Waals surface area contributed by atoms with Crippen LogP contribution in [0.1, 0.15) is 22.4 Å². The van der Waals surface area contributed by atoms with E-state index in [1.54, 1.807) is 24.0 Å². The fourth-order valence-electron chi connectivity index (χ4n) is 2.61. The Kier molecular flexibility index (Phi) is 2.84. The molecule has 1 unspecified atom stereocenters. The van der Waals surface area contributed by atoms with Crippen LogP contribution in [-0.4, -0.2) is 17.2 Å². The number of ether oxygens (including phenoxy) is 1. The summed E-state index contributed by atoms with van der Waals surface area (Å²) in [5.74, 6) is 0.804. The molecule has 1 aromatic carbocycles. The van der Waals surface area contributed by atoms with Crippen LogP contribution in [0.5, 0.6) is 5.75 Å². The molecule has 1 N–H and O–H groups in total. The minimum Gasteiger partial charge on any atom is -0.497 e. The van der Waals surface area contributed by atoms with Crippen LogP contribution in [0.15, 0.2) is 29.9 Å². The number of thiazole rings is 1. The number of aliphatic hydroxyl groups is 1. The number of nitrogens with zero attached hydrogens (tertiary/aromatic N) is 1. The molecular weight excluding hydrogens is 246 g/mol. The number of hydrogen-bond donors (Lipinski definition) is 1. The first kappa shape index (κ1) is 11.7. The summed E-state index contributed by atoms with van der Waals surface area (Å²) in [4.78, 5) is 5.19. The number of hydrogen-bond acceptors (Lipinski definition) is 4. The molecule has 0 spiro atoms. The maximum Gasteiger partial charge on any atom is 0.119 e. The molecule has 0 amide bonds. The molecule has 4 heteroatoms. The second kappa shape index (κ2) is 4.37. The van der Waals surface area contributed by atoms with Crippen molar-refractivity contribution in [3.63, 3.8) is 0 Å².